The van der Waals surface area contributed by atoms with Crippen LogP contribution < -0.4 is 11.1 Å². The van der Waals surface area contributed by atoms with Crippen LogP contribution in [0.2, 0.25) is 0 Å². The first kappa shape index (κ1) is 12.5. The average Bonchev–Trinajstić information content (AvgIpc) is 2.17. The summed E-state index contributed by atoms with van der Waals surface area (Å²) >= 11 is 0. The van der Waals surface area contributed by atoms with Gasteiger partial charge in [-0.2, -0.15) is 0 Å². The molecule has 0 saturated carbocycles. The highest BCUT2D eigenvalue weighted by atomic mass is 16.2. The van der Waals surface area contributed by atoms with Crippen LogP contribution in [0.5, 0.6) is 0 Å². The van der Waals surface area contributed by atoms with E-state index < -0.39 is 0 Å². The molecule has 88 valence electrons. The standard InChI is InChI=1S/C11H23N3O/c1-9(2)13-11(15)8-14-6-4-3-5-10(14)7-12/h9-10H,3-8,12H2,1-2H3,(H,13,15). The van der Waals surface area contributed by atoms with E-state index in [1.54, 1.807) is 0 Å². The van der Waals surface area contributed by atoms with Crippen molar-refractivity contribution in [3.05, 3.63) is 0 Å². The van der Waals surface area contributed by atoms with Gasteiger partial charge in [-0.05, 0) is 33.2 Å². The minimum Gasteiger partial charge on any atom is -0.353 e. The van der Waals surface area contributed by atoms with Gasteiger partial charge in [0.15, 0.2) is 0 Å². The van der Waals surface area contributed by atoms with Crippen molar-refractivity contribution in [2.45, 2.75) is 45.2 Å². The zero-order valence-electron chi connectivity index (χ0n) is 9.83. The maximum atomic E-state index is 11.6. The summed E-state index contributed by atoms with van der Waals surface area (Å²) < 4.78 is 0. The number of hydrogen-bond acceptors (Lipinski definition) is 3. The van der Waals surface area contributed by atoms with Crippen molar-refractivity contribution in [1.82, 2.24) is 10.2 Å². The predicted molar refractivity (Wildman–Crippen MR) is 61.5 cm³/mol. The molecule has 0 radical (unpaired) electrons. The van der Waals surface area contributed by atoms with Gasteiger partial charge in [0.2, 0.25) is 5.91 Å². The Bertz CT molecular complexity index is 206. The molecule has 0 aromatic heterocycles. The van der Waals surface area contributed by atoms with Crippen LogP contribution in [0.4, 0.5) is 0 Å². The molecule has 1 unspecified atom stereocenters. The molecule has 1 saturated heterocycles. The maximum absolute atomic E-state index is 11.6. The lowest BCUT2D eigenvalue weighted by atomic mass is 10.0. The molecule has 0 spiro atoms. The summed E-state index contributed by atoms with van der Waals surface area (Å²) in [6.07, 6.45) is 3.56. The number of piperidine rings is 1. The third-order valence-corrected chi connectivity index (χ3v) is 2.82. The van der Waals surface area contributed by atoms with Gasteiger partial charge in [-0.3, -0.25) is 9.69 Å². The fourth-order valence-electron chi connectivity index (χ4n) is 2.09. The summed E-state index contributed by atoms with van der Waals surface area (Å²) in [7, 11) is 0. The van der Waals surface area contributed by atoms with Crippen LogP contribution >= 0.6 is 0 Å². The summed E-state index contributed by atoms with van der Waals surface area (Å²) in [6.45, 7) is 6.13. The van der Waals surface area contributed by atoms with Gasteiger partial charge in [0.25, 0.3) is 0 Å². The van der Waals surface area contributed by atoms with E-state index >= 15 is 0 Å². The SMILES string of the molecule is CC(C)NC(=O)CN1CCCCC1CN. The van der Waals surface area contributed by atoms with Gasteiger partial charge < -0.3 is 11.1 Å². The third kappa shape index (κ3) is 4.18. The van der Waals surface area contributed by atoms with Crippen molar-refractivity contribution in [1.29, 1.82) is 0 Å². The van der Waals surface area contributed by atoms with Crippen molar-refractivity contribution < 1.29 is 4.79 Å². The highest BCUT2D eigenvalue weighted by Crippen LogP contribution is 2.15. The summed E-state index contributed by atoms with van der Waals surface area (Å²) in [5.41, 5.74) is 5.70. The second-order valence-corrected chi connectivity index (χ2v) is 4.58. The van der Waals surface area contributed by atoms with Crippen LogP contribution in [-0.4, -0.2) is 42.5 Å². The van der Waals surface area contributed by atoms with Crippen LogP contribution in [-0.2, 0) is 4.79 Å². The quantitative estimate of drug-likeness (QED) is 0.707. The Morgan fingerprint density at radius 3 is 2.87 bits per heavy atom. The van der Waals surface area contributed by atoms with Gasteiger partial charge in [-0.1, -0.05) is 6.42 Å². The number of nitrogens with zero attached hydrogens (tertiary/aromatic N) is 1. The zero-order valence-corrected chi connectivity index (χ0v) is 9.83. The topological polar surface area (TPSA) is 58.4 Å². The Balaban J connectivity index is 2.37. The van der Waals surface area contributed by atoms with Crippen molar-refractivity contribution in [3.63, 3.8) is 0 Å². The van der Waals surface area contributed by atoms with Crippen LogP contribution in [0.15, 0.2) is 0 Å². The molecule has 4 nitrogen and oxygen atoms in total. The first-order valence-corrected chi connectivity index (χ1v) is 5.87. The van der Waals surface area contributed by atoms with E-state index in [0.717, 1.165) is 13.0 Å². The van der Waals surface area contributed by atoms with Crippen molar-refractivity contribution >= 4 is 5.91 Å². The number of likely N-dealkylation sites (tertiary alicyclic amines) is 1. The number of nitrogens with two attached hydrogens (primary N) is 1. The van der Waals surface area contributed by atoms with Crippen LogP contribution in [0, 0.1) is 0 Å². The molecule has 1 amide bonds. The van der Waals surface area contributed by atoms with Gasteiger partial charge in [0.05, 0.1) is 6.54 Å². The van der Waals surface area contributed by atoms with Crippen molar-refractivity contribution in [2.24, 2.45) is 5.73 Å². The Hall–Kier alpha value is -0.610. The van der Waals surface area contributed by atoms with Gasteiger partial charge >= 0.3 is 0 Å². The highest BCUT2D eigenvalue weighted by molar-refractivity contribution is 5.78. The number of carbonyl (C=O) groups is 1. The molecule has 1 rings (SSSR count). The van der Waals surface area contributed by atoms with Crippen molar-refractivity contribution in [2.75, 3.05) is 19.6 Å². The van der Waals surface area contributed by atoms with Crippen LogP contribution in [0.1, 0.15) is 33.1 Å². The Kier molecular flexibility index (Phi) is 5.05. The van der Waals surface area contributed by atoms with Gasteiger partial charge in [-0.15, -0.1) is 0 Å². The second-order valence-electron chi connectivity index (χ2n) is 4.58. The van der Waals surface area contributed by atoms with Crippen LogP contribution in [0.25, 0.3) is 0 Å². The lowest BCUT2D eigenvalue weighted by Gasteiger charge is -2.34. The smallest absolute Gasteiger partial charge is 0.234 e. The predicted octanol–water partition coefficient (Wildman–Crippen LogP) is 0.324. The molecule has 0 aliphatic carbocycles. The van der Waals surface area contributed by atoms with Crippen molar-refractivity contribution in [3.8, 4) is 0 Å². The molecule has 1 fully saturated rings. The van der Waals surface area contributed by atoms with E-state index in [0.29, 0.717) is 19.1 Å². The number of carbonyl (C=O) groups excluding carboxylic acids is 1. The molecule has 1 heterocycles. The fourth-order valence-corrected chi connectivity index (χ4v) is 2.09. The minimum atomic E-state index is 0.116. The Morgan fingerprint density at radius 1 is 1.53 bits per heavy atom. The lowest BCUT2D eigenvalue weighted by molar-refractivity contribution is -0.123. The minimum absolute atomic E-state index is 0.116. The van der Waals surface area contributed by atoms with E-state index in [-0.39, 0.29) is 11.9 Å². The molecule has 0 bridgehead atoms. The molecule has 1 aliphatic heterocycles. The Morgan fingerprint density at radius 2 is 2.27 bits per heavy atom. The third-order valence-electron chi connectivity index (χ3n) is 2.82. The molecule has 0 aromatic rings. The second kappa shape index (κ2) is 6.08. The van der Waals surface area contributed by atoms with Crippen LogP contribution in [0.3, 0.4) is 0 Å². The fraction of sp³-hybridized carbons (Fsp3) is 0.909. The number of rotatable bonds is 4. The first-order valence-electron chi connectivity index (χ1n) is 5.87. The average molecular weight is 213 g/mol. The Labute approximate surface area is 92.2 Å². The molecule has 3 N–H and O–H groups in total. The van der Waals surface area contributed by atoms with E-state index in [9.17, 15) is 4.79 Å². The van der Waals surface area contributed by atoms with Gasteiger partial charge in [0, 0.05) is 18.6 Å². The monoisotopic (exact) mass is 213 g/mol. The van der Waals surface area contributed by atoms with E-state index in [2.05, 4.69) is 10.2 Å². The number of nitrogens with one attached hydrogen (secondary N) is 1. The summed E-state index contributed by atoms with van der Waals surface area (Å²) in [5.74, 6) is 0.116. The van der Waals surface area contributed by atoms with E-state index in [1.165, 1.54) is 12.8 Å². The van der Waals surface area contributed by atoms with Gasteiger partial charge in [0.1, 0.15) is 0 Å². The molecule has 1 atom stereocenters. The summed E-state index contributed by atoms with van der Waals surface area (Å²) in [5, 5.41) is 2.91. The zero-order chi connectivity index (χ0) is 11.3. The molecule has 4 heteroatoms. The number of amides is 1. The molecule has 1 aliphatic rings. The highest BCUT2D eigenvalue weighted by Gasteiger charge is 2.22. The van der Waals surface area contributed by atoms with E-state index in [1.807, 2.05) is 13.8 Å². The molecule has 0 aromatic carbocycles. The molecular weight excluding hydrogens is 190 g/mol. The maximum Gasteiger partial charge on any atom is 0.234 e. The summed E-state index contributed by atoms with van der Waals surface area (Å²) in [4.78, 5) is 13.8. The van der Waals surface area contributed by atoms with Gasteiger partial charge in [-0.25, -0.2) is 0 Å². The largest absolute Gasteiger partial charge is 0.353 e. The van der Waals surface area contributed by atoms with E-state index in [4.69, 9.17) is 5.73 Å². The summed E-state index contributed by atoms with van der Waals surface area (Å²) in [6, 6.07) is 0.621. The number of hydrogen-bond donors (Lipinski definition) is 2. The molecular formula is C11H23N3O. The lowest BCUT2D eigenvalue weighted by Crippen LogP contribution is -2.49. The normalized spacial score (nSPS) is 23.1. The molecule has 15 heavy (non-hydrogen) atoms. The first-order chi connectivity index (χ1) is 7.13.